The fourth-order valence-corrected chi connectivity index (χ4v) is 8.90. The van der Waals surface area contributed by atoms with Crippen LogP contribution in [0, 0.1) is 0 Å². The predicted octanol–water partition coefficient (Wildman–Crippen LogP) is 4.99. The second kappa shape index (κ2) is 4.19. The molecule has 2 rings (SSSR count). The van der Waals surface area contributed by atoms with Crippen molar-refractivity contribution >= 4 is 39.9 Å². The molecule has 0 unspecified atom stereocenters. The molecule has 0 radical (unpaired) electrons. The Labute approximate surface area is 109 Å². The third-order valence-corrected chi connectivity index (χ3v) is 9.44. The van der Waals surface area contributed by atoms with Gasteiger partial charge in [0.1, 0.15) is 8.07 Å². The normalized spacial score (nSPS) is 21.1. The number of rotatable bonds is 2. The van der Waals surface area contributed by atoms with E-state index >= 15 is 0 Å². The van der Waals surface area contributed by atoms with Crippen molar-refractivity contribution in [3.05, 3.63) is 43.7 Å². The Morgan fingerprint density at radius 3 is 1.60 bits per heavy atom. The van der Waals surface area contributed by atoms with Crippen molar-refractivity contribution in [2.75, 3.05) is 0 Å². The third kappa shape index (κ3) is 2.02. The molecule has 0 aromatic carbocycles. The van der Waals surface area contributed by atoms with E-state index in [1.54, 1.807) is 10.4 Å². The van der Waals surface area contributed by atoms with Crippen LogP contribution in [-0.4, -0.2) is 8.07 Å². The SMILES string of the molecule is C[Si](C)(C1=C(Br)C=CC1)C1=C(Br)C=CC1. The highest BCUT2D eigenvalue weighted by Gasteiger charge is 2.34. The smallest absolute Gasteiger partial charge is 0.0797 e. The van der Waals surface area contributed by atoms with E-state index in [0.29, 0.717) is 0 Å². The van der Waals surface area contributed by atoms with Gasteiger partial charge in [0.05, 0.1) is 0 Å². The van der Waals surface area contributed by atoms with Gasteiger partial charge in [-0.1, -0.05) is 79.7 Å². The highest BCUT2D eigenvalue weighted by atomic mass is 79.9. The minimum Gasteiger partial charge on any atom is -0.0797 e. The lowest BCUT2D eigenvalue weighted by Crippen LogP contribution is -2.32. The first-order valence-corrected chi connectivity index (χ1v) is 9.73. The Kier molecular flexibility index (Phi) is 3.24. The van der Waals surface area contributed by atoms with Crippen LogP contribution in [0.25, 0.3) is 0 Å². The van der Waals surface area contributed by atoms with Gasteiger partial charge in [-0.25, -0.2) is 0 Å². The third-order valence-electron chi connectivity index (χ3n) is 3.26. The molecule has 0 fully saturated rings. The maximum Gasteiger partial charge on any atom is 0.106 e. The number of hydrogen-bond donors (Lipinski definition) is 0. The standard InChI is InChI=1S/C12H14Br2Si/c1-15(2,11-7-3-5-9(11)13)12-8-4-6-10(12)14/h3-6H,7-8H2,1-2H3. The molecule has 0 saturated heterocycles. The number of halogens is 2. The van der Waals surface area contributed by atoms with Gasteiger partial charge in [-0.15, -0.1) is 0 Å². The van der Waals surface area contributed by atoms with Gasteiger partial charge >= 0.3 is 0 Å². The topological polar surface area (TPSA) is 0 Å². The van der Waals surface area contributed by atoms with E-state index in [2.05, 4.69) is 69.3 Å². The maximum absolute atomic E-state index is 3.68. The summed E-state index contributed by atoms with van der Waals surface area (Å²) in [7, 11) is -1.42. The van der Waals surface area contributed by atoms with Gasteiger partial charge in [-0.2, -0.15) is 0 Å². The molecule has 0 nitrogen and oxygen atoms in total. The summed E-state index contributed by atoms with van der Waals surface area (Å²) in [6.07, 6.45) is 11.2. The number of hydrogen-bond acceptors (Lipinski definition) is 0. The summed E-state index contributed by atoms with van der Waals surface area (Å²) >= 11 is 7.35. The Morgan fingerprint density at radius 1 is 0.933 bits per heavy atom. The van der Waals surface area contributed by atoms with E-state index < -0.39 is 8.07 Å². The van der Waals surface area contributed by atoms with Crippen molar-refractivity contribution in [2.24, 2.45) is 0 Å². The molecule has 0 saturated carbocycles. The van der Waals surface area contributed by atoms with Crippen LogP contribution in [0.5, 0.6) is 0 Å². The lowest BCUT2D eigenvalue weighted by atomic mass is 10.5. The van der Waals surface area contributed by atoms with Gasteiger partial charge in [0.25, 0.3) is 0 Å². The monoisotopic (exact) mass is 344 g/mol. The van der Waals surface area contributed by atoms with E-state index in [0.717, 1.165) is 12.8 Å². The molecule has 0 aromatic rings. The van der Waals surface area contributed by atoms with Crippen LogP contribution in [0.1, 0.15) is 12.8 Å². The largest absolute Gasteiger partial charge is 0.106 e. The van der Waals surface area contributed by atoms with Crippen molar-refractivity contribution in [3.8, 4) is 0 Å². The average Bonchev–Trinajstić information content (AvgIpc) is 2.73. The molecule has 0 aliphatic heterocycles. The molecule has 80 valence electrons. The first-order valence-electron chi connectivity index (χ1n) is 5.15. The predicted molar refractivity (Wildman–Crippen MR) is 76.9 cm³/mol. The van der Waals surface area contributed by atoms with Crippen LogP contribution in [0.15, 0.2) is 43.7 Å². The van der Waals surface area contributed by atoms with E-state index in [-0.39, 0.29) is 0 Å². The molecule has 2 aliphatic carbocycles. The van der Waals surface area contributed by atoms with E-state index in [9.17, 15) is 0 Å². The van der Waals surface area contributed by atoms with E-state index in [4.69, 9.17) is 0 Å². The van der Waals surface area contributed by atoms with Crippen LogP contribution < -0.4 is 0 Å². The highest BCUT2D eigenvalue weighted by molar-refractivity contribution is 9.12. The van der Waals surface area contributed by atoms with Crippen LogP contribution in [0.2, 0.25) is 13.1 Å². The van der Waals surface area contributed by atoms with Crippen LogP contribution in [0.3, 0.4) is 0 Å². The minimum atomic E-state index is -1.42. The Hall–Kier alpha value is 0.137. The van der Waals surface area contributed by atoms with Gasteiger partial charge in [0.15, 0.2) is 0 Å². The first-order chi connectivity index (χ1) is 7.03. The summed E-state index contributed by atoms with van der Waals surface area (Å²) in [6.45, 7) is 4.89. The highest BCUT2D eigenvalue weighted by Crippen LogP contribution is 2.40. The molecule has 0 atom stereocenters. The van der Waals surface area contributed by atoms with Gasteiger partial charge in [-0.3, -0.25) is 0 Å². The Bertz CT molecular complexity index is 373. The van der Waals surface area contributed by atoms with Gasteiger partial charge in [0.2, 0.25) is 0 Å². The van der Waals surface area contributed by atoms with E-state index in [1.807, 2.05) is 0 Å². The van der Waals surface area contributed by atoms with Gasteiger partial charge in [0, 0.05) is 8.96 Å². The second-order valence-electron chi connectivity index (χ2n) is 4.49. The summed E-state index contributed by atoms with van der Waals surface area (Å²) < 4.78 is 2.64. The van der Waals surface area contributed by atoms with Crippen molar-refractivity contribution in [1.82, 2.24) is 0 Å². The zero-order chi connectivity index (χ0) is 11.1. The van der Waals surface area contributed by atoms with Crippen LogP contribution >= 0.6 is 31.9 Å². The first kappa shape index (κ1) is 11.6. The van der Waals surface area contributed by atoms with Crippen molar-refractivity contribution in [1.29, 1.82) is 0 Å². The average molecular weight is 346 g/mol. The molecule has 2 aliphatic rings. The summed E-state index contributed by atoms with van der Waals surface area (Å²) in [5.41, 5.74) is 0. The Balaban J connectivity index is 2.37. The fraction of sp³-hybridized carbons (Fsp3) is 0.333. The summed E-state index contributed by atoms with van der Waals surface area (Å²) in [6, 6.07) is 0. The summed E-state index contributed by atoms with van der Waals surface area (Å²) in [4.78, 5) is 0. The second-order valence-corrected chi connectivity index (χ2v) is 10.7. The van der Waals surface area contributed by atoms with Gasteiger partial charge in [-0.05, 0) is 12.8 Å². The fourth-order valence-electron chi connectivity index (χ4n) is 2.25. The number of allylic oxidation sites excluding steroid dienone is 8. The molecule has 0 amide bonds. The van der Waals surface area contributed by atoms with Gasteiger partial charge < -0.3 is 0 Å². The Morgan fingerprint density at radius 2 is 1.33 bits per heavy atom. The van der Waals surface area contributed by atoms with Crippen LogP contribution in [0.4, 0.5) is 0 Å². The van der Waals surface area contributed by atoms with Crippen LogP contribution in [-0.2, 0) is 0 Å². The maximum atomic E-state index is 3.68. The summed E-state index contributed by atoms with van der Waals surface area (Å²) in [5.74, 6) is 0. The molecule has 0 bridgehead atoms. The zero-order valence-electron chi connectivity index (χ0n) is 8.98. The van der Waals surface area contributed by atoms with Crippen molar-refractivity contribution in [3.63, 3.8) is 0 Å². The molecule has 0 spiro atoms. The lowest BCUT2D eigenvalue weighted by molar-refractivity contribution is 1.29. The molecule has 15 heavy (non-hydrogen) atoms. The quantitative estimate of drug-likeness (QED) is 0.618. The minimum absolute atomic E-state index is 1.13. The molecule has 3 heteroatoms. The molecular formula is C12H14Br2Si. The lowest BCUT2D eigenvalue weighted by Gasteiger charge is -2.27. The molecule has 0 heterocycles. The van der Waals surface area contributed by atoms with Crippen molar-refractivity contribution in [2.45, 2.75) is 25.9 Å². The zero-order valence-corrected chi connectivity index (χ0v) is 13.2. The van der Waals surface area contributed by atoms with Crippen molar-refractivity contribution < 1.29 is 0 Å². The molecule has 0 aromatic heterocycles. The molecule has 0 N–H and O–H groups in total. The summed E-state index contributed by atoms with van der Waals surface area (Å²) in [5, 5.41) is 3.25. The molecular weight excluding hydrogens is 332 g/mol. The van der Waals surface area contributed by atoms with E-state index in [1.165, 1.54) is 8.96 Å².